The smallest absolute Gasteiger partial charge is 0.330 e. The number of rotatable bonds is 3. The van der Waals surface area contributed by atoms with Gasteiger partial charge in [0.15, 0.2) is 0 Å². The van der Waals surface area contributed by atoms with Gasteiger partial charge in [-0.1, -0.05) is 0 Å². The second kappa shape index (κ2) is 4.29. The summed E-state index contributed by atoms with van der Waals surface area (Å²) in [5, 5.41) is 9.99. The van der Waals surface area contributed by atoms with Crippen molar-refractivity contribution in [2.24, 2.45) is 5.73 Å². The molecule has 1 aliphatic carbocycles. The SMILES string of the molecule is NC1(C[C@@H]2O[C@H](n3ccc(=O)[nH]c3=O)CC2O)CC1. The maximum Gasteiger partial charge on any atom is 0.330 e. The van der Waals surface area contributed by atoms with Gasteiger partial charge in [0.2, 0.25) is 0 Å². The number of aliphatic hydroxyl groups is 1. The third-order valence-electron chi connectivity index (χ3n) is 3.87. The Labute approximate surface area is 109 Å². The number of aliphatic hydroxyl groups excluding tert-OH is 1. The van der Waals surface area contributed by atoms with Crippen LogP contribution in [0.15, 0.2) is 21.9 Å². The van der Waals surface area contributed by atoms with E-state index in [-0.39, 0.29) is 11.6 Å². The molecule has 2 fully saturated rings. The molecule has 19 heavy (non-hydrogen) atoms. The number of hydrogen-bond donors (Lipinski definition) is 3. The maximum atomic E-state index is 11.7. The molecule has 0 radical (unpaired) electrons. The van der Waals surface area contributed by atoms with E-state index in [1.807, 2.05) is 0 Å². The number of H-pyrrole nitrogens is 1. The lowest BCUT2D eigenvalue weighted by atomic mass is 10.0. The summed E-state index contributed by atoms with van der Waals surface area (Å²) in [6.07, 6.45) is 2.67. The third kappa shape index (κ3) is 2.49. The Balaban J connectivity index is 1.76. The molecule has 1 saturated carbocycles. The minimum atomic E-state index is -0.634. The predicted molar refractivity (Wildman–Crippen MR) is 66.6 cm³/mol. The van der Waals surface area contributed by atoms with Crippen LogP contribution in [0.5, 0.6) is 0 Å². The number of nitrogens with zero attached hydrogens (tertiary/aromatic N) is 1. The largest absolute Gasteiger partial charge is 0.390 e. The van der Waals surface area contributed by atoms with Crippen molar-refractivity contribution in [3.05, 3.63) is 33.1 Å². The summed E-state index contributed by atoms with van der Waals surface area (Å²) in [6.45, 7) is 0. The van der Waals surface area contributed by atoms with Gasteiger partial charge in [-0.05, 0) is 19.3 Å². The molecule has 2 aliphatic rings. The molecular weight excluding hydrogens is 250 g/mol. The molecule has 7 heteroatoms. The summed E-state index contributed by atoms with van der Waals surface area (Å²) in [7, 11) is 0. The molecule has 0 aromatic carbocycles. The number of nitrogens with two attached hydrogens (primary N) is 1. The number of nitrogens with one attached hydrogen (secondary N) is 1. The van der Waals surface area contributed by atoms with Crippen molar-refractivity contribution in [1.29, 1.82) is 0 Å². The Morgan fingerprint density at radius 1 is 1.53 bits per heavy atom. The first-order valence-corrected chi connectivity index (χ1v) is 6.41. The Kier molecular flexibility index (Phi) is 2.84. The highest BCUT2D eigenvalue weighted by Crippen LogP contribution is 2.41. The summed E-state index contributed by atoms with van der Waals surface area (Å²) < 4.78 is 7.00. The summed E-state index contributed by atoms with van der Waals surface area (Å²) in [5.41, 5.74) is 4.83. The van der Waals surface area contributed by atoms with Crippen molar-refractivity contribution in [3.8, 4) is 0 Å². The molecule has 4 N–H and O–H groups in total. The molecule has 1 unspecified atom stereocenters. The summed E-state index contributed by atoms with van der Waals surface area (Å²) in [6, 6.07) is 1.26. The zero-order chi connectivity index (χ0) is 13.6. The van der Waals surface area contributed by atoms with Crippen molar-refractivity contribution >= 4 is 0 Å². The van der Waals surface area contributed by atoms with Crippen molar-refractivity contribution in [2.45, 2.75) is 49.7 Å². The van der Waals surface area contributed by atoms with E-state index in [9.17, 15) is 14.7 Å². The van der Waals surface area contributed by atoms with Crippen molar-refractivity contribution in [1.82, 2.24) is 9.55 Å². The van der Waals surface area contributed by atoms with Gasteiger partial charge in [-0.3, -0.25) is 14.3 Å². The van der Waals surface area contributed by atoms with E-state index in [1.165, 1.54) is 16.8 Å². The van der Waals surface area contributed by atoms with E-state index >= 15 is 0 Å². The summed E-state index contributed by atoms with van der Waals surface area (Å²) in [4.78, 5) is 24.8. The Hall–Kier alpha value is -1.44. The quantitative estimate of drug-likeness (QED) is 0.655. The van der Waals surface area contributed by atoms with E-state index in [0.717, 1.165) is 12.8 Å². The van der Waals surface area contributed by atoms with Crippen LogP contribution in [0.4, 0.5) is 0 Å². The van der Waals surface area contributed by atoms with E-state index in [4.69, 9.17) is 10.5 Å². The second-order valence-electron chi connectivity index (χ2n) is 5.52. The first-order chi connectivity index (χ1) is 8.97. The van der Waals surface area contributed by atoms with Gasteiger partial charge in [0.25, 0.3) is 5.56 Å². The van der Waals surface area contributed by atoms with Crippen LogP contribution in [0, 0.1) is 0 Å². The lowest BCUT2D eigenvalue weighted by Gasteiger charge is -2.19. The molecule has 0 amide bonds. The molecule has 0 spiro atoms. The predicted octanol–water partition coefficient (Wildman–Crippen LogP) is -0.934. The van der Waals surface area contributed by atoms with Crippen LogP contribution < -0.4 is 17.0 Å². The van der Waals surface area contributed by atoms with E-state index in [1.54, 1.807) is 0 Å². The van der Waals surface area contributed by atoms with E-state index in [2.05, 4.69) is 4.98 Å². The zero-order valence-electron chi connectivity index (χ0n) is 10.4. The zero-order valence-corrected chi connectivity index (χ0v) is 10.4. The molecule has 7 nitrogen and oxygen atoms in total. The van der Waals surface area contributed by atoms with E-state index < -0.39 is 23.6 Å². The monoisotopic (exact) mass is 267 g/mol. The fourth-order valence-corrected chi connectivity index (χ4v) is 2.49. The highest BCUT2D eigenvalue weighted by atomic mass is 16.5. The number of aromatic amines is 1. The average Bonchev–Trinajstić information content (AvgIpc) is 2.94. The van der Waals surface area contributed by atoms with Crippen LogP contribution in [-0.2, 0) is 4.74 Å². The summed E-state index contributed by atoms with van der Waals surface area (Å²) >= 11 is 0. The molecule has 0 bridgehead atoms. The average molecular weight is 267 g/mol. The van der Waals surface area contributed by atoms with Gasteiger partial charge < -0.3 is 15.6 Å². The first kappa shape index (κ1) is 12.6. The molecule has 1 aromatic rings. The molecule has 3 rings (SSSR count). The number of aromatic nitrogens is 2. The molecule has 1 saturated heterocycles. The molecule has 2 heterocycles. The molecule has 104 valence electrons. The molecule has 3 atom stereocenters. The summed E-state index contributed by atoms with van der Waals surface area (Å²) in [5.74, 6) is 0. The van der Waals surface area contributed by atoms with Gasteiger partial charge in [-0.25, -0.2) is 4.79 Å². The Morgan fingerprint density at radius 3 is 2.89 bits per heavy atom. The lowest BCUT2D eigenvalue weighted by molar-refractivity contribution is -0.0284. The van der Waals surface area contributed by atoms with Gasteiger partial charge >= 0.3 is 5.69 Å². The normalized spacial score (nSPS) is 32.4. The van der Waals surface area contributed by atoms with Crippen molar-refractivity contribution in [3.63, 3.8) is 0 Å². The Bertz CT molecular complexity index is 589. The topological polar surface area (TPSA) is 110 Å². The van der Waals surface area contributed by atoms with Gasteiger partial charge in [-0.2, -0.15) is 0 Å². The minimum absolute atomic E-state index is 0.212. The van der Waals surface area contributed by atoms with Crippen LogP contribution in [0.25, 0.3) is 0 Å². The highest BCUT2D eigenvalue weighted by Gasteiger charge is 2.45. The first-order valence-electron chi connectivity index (χ1n) is 6.41. The van der Waals surface area contributed by atoms with Crippen LogP contribution >= 0.6 is 0 Å². The third-order valence-corrected chi connectivity index (χ3v) is 3.87. The molecule has 1 aliphatic heterocycles. The molecular formula is C12H17N3O4. The molecule has 1 aromatic heterocycles. The van der Waals surface area contributed by atoms with Crippen LogP contribution in [0.3, 0.4) is 0 Å². The van der Waals surface area contributed by atoms with Gasteiger partial charge in [-0.15, -0.1) is 0 Å². The number of ether oxygens (including phenoxy) is 1. The van der Waals surface area contributed by atoms with E-state index in [0.29, 0.717) is 12.8 Å². The minimum Gasteiger partial charge on any atom is -0.390 e. The second-order valence-corrected chi connectivity index (χ2v) is 5.52. The van der Waals surface area contributed by atoms with Crippen LogP contribution in [-0.4, -0.2) is 32.4 Å². The fourth-order valence-electron chi connectivity index (χ4n) is 2.49. The Morgan fingerprint density at radius 2 is 2.26 bits per heavy atom. The van der Waals surface area contributed by atoms with Crippen LogP contribution in [0.1, 0.15) is 31.9 Å². The lowest BCUT2D eigenvalue weighted by Crippen LogP contribution is -2.33. The highest BCUT2D eigenvalue weighted by molar-refractivity contribution is 5.02. The van der Waals surface area contributed by atoms with Crippen LogP contribution in [0.2, 0.25) is 0 Å². The number of hydrogen-bond acceptors (Lipinski definition) is 5. The van der Waals surface area contributed by atoms with Gasteiger partial charge in [0, 0.05) is 24.2 Å². The maximum absolute atomic E-state index is 11.7. The standard InChI is InChI=1S/C12H17N3O4/c13-12(2-3-12)6-8-7(16)5-10(19-8)15-4-1-9(17)14-11(15)18/h1,4,7-8,10,16H,2-3,5-6,13H2,(H,14,17,18)/t7?,8-,10-/m0/s1. The fraction of sp³-hybridized carbons (Fsp3) is 0.667. The van der Waals surface area contributed by atoms with Gasteiger partial charge in [0.05, 0.1) is 12.2 Å². The van der Waals surface area contributed by atoms with Crippen molar-refractivity contribution in [2.75, 3.05) is 0 Å². The van der Waals surface area contributed by atoms with Crippen molar-refractivity contribution < 1.29 is 9.84 Å². The van der Waals surface area contributed by atoms with Gasteiger partial charge in [0.1, 0.15) is 6.23 Å².